The molecular weight excluding hydrogens is 212 g/mol. The van der Waals surface area contributed by atoms with Gasteiger partial charge in [0.1, 0.15) is 0 Å². The van der Waals surface area contributed by atoms with Crippen LogP contribution in [0.1, 0.15) is 59.8 Å². The summed E-state index contributed by atoms with van der Waals surface area (Å²) in [6.07, 6.45) is 5.78. The molecule has 0 aromatic rings. The zero-order chi connectivity index (χ0) is 12.5. The van der Waals surface area contributed by atoms with E-state index in [-0.39, 0.29) is 11.2 Å². The Bertz CT molecular complexity index is 309. The first-order valence-electron chi connectivity index (χ1n) is 6.96. The maximum absolute atomic E-state index is 5.88. The summed E-state index contributed by atoms with van der Waals surface area (Å²) in [4.78, 5) is 0. The van der Waals surface area contributed by atoms with Gasteiger partial charge in [-0.15, -0.1) is 0 Å². The molecule has 1 aliphatic carbocycles. The number of rotatable bonds is 3. The van der Waals surface area contributed by atoms with Crippen LogP contribution in [0.15, 0.2) is 11.1 Å². The Balaban J connectivity index is 2.20. The Morgan fingerprint density at radius 2 is 1.82 bits per heavy atom. The highest BCUT2D eigenvalue weighted by atomic mass is 16.7. The van der Waals surface area contributed by atoms with Crippen molar-refractivity contribution in [1.29, 1.82) is 0 Å². The van der Waals surface area contributed by atoms with Crippen LogP contribution in [0.2, 0.25) is 0 Å². The Labute approximate surface area is 105 Å². The summed E-state index contributed by atoms with van der Waals surface area (Å²) in [5.74, 6) is -0.302. The van der Waals surface area contributed by atoms with Crippen LogP contribution in [-0.2, 0) is 9.47 Å². The Hall–Kier alpha value is -0.340. The molecule has 1 fully saturated rings. The Morgan fingerprint density at radius 3 is 2.35 bits per heavy atom. The summed E-state index contributed by atoms with van der Waals surface area (Å²) < 4.78 is 11.8. The number of ether oxygens (including phenoxy) is 2. The molecule has 0 aromatic heterocycles. The third-order valence-corrected chi connectivity index (χ3v) is 4.17. The Kier molecular flexibility index (Phi) is 3.65. The van der Waals surface area contributed by atoms with Crippen molar-refractivity contribution in [3.63, 3.8) is 0 Å². The maximum atomic E-state index is 5.88. The molecule has 0 N–H and O–H groups in total. The van der Waals surface area contributed by atoms with E-state index >= 15 is 0 Å². The predicted octanol–water partition coefficient (Wildman–Crippen LogP) is 4.06. The molecule has 2 aliphatic rings. The van der Waals surface area contributed by atoms with Crippen molar-refractivity contribution in [2.75, 3.05) is 13.2 Å². The Morgan fingerprint density at radius 1 is 1.18 bits per heavy atom. The summed E-state index contributed by atoms with van der Waals surface area (Å²) >= 11 is 0. The molecule has 1 spiro atoms. The molecule has 98 valence electrons. The maximum Gasteiger partial charge on any atom is 0.172 e. The van der Waals surface area contributed by atoms with Crippen molar-refractivity contribution in [2.45, 2.75) is 65.6 Å². The number of allylic oxidation sites excluding steroid dienone is 1. The van der Waals surface area contributed by atoms with Crippen LogP contribution in [0, 0.1) is 5.41 Å². The summed E-state index contributed by atoms with van der Waals surface area (Å²) in [5, 5.41) is 0. The predicted molar refractivity (Wildman–Crippen MR) is 69.9 cm³/mol. The van der Waals surface area contributed by atoms with Crippen molar-refractivity contribution in [3.05, 3.63) is 11.1 Å². The molecule has 0 radical (unpaired) electrons. The summed E-state index contributed by atoms with van der Waals surface area (Å²) in [7, 11) is 0. The largest absolute Gasteiger partial charge is 0.347 e. The average Bonchev–Trinajstić information content (AvgIpc) is 2.63. The topological polar surface area (TPSA) is 18.5 Å². The average molecular weight is 238 g/mol. The lowest BCUT2D eigenvalue weighted by Gasteiger charge is -2.43. The SMILES string of the molecule is CCCCC1=C(C)CC2(CC1(C)C)OCCO2. The molecule has 0 unspecified atom stereocenters. The second kappa shape index (κ2) is 4.74. The second-order valence-corrected chi connectivity index (χ2v) is 6.21. The van der Waals surface area contributed by atoms with E-state index in [9.17, 15) is 0 Å². The van der Waals surface area contributed by atoms with Gasteiger partial charge >= 0.3 is 0 Å². The van der Waals surface area contributed by atoms with Crippen LogP contribution >= 0.6 is 0 Å². The minimum atomic E-state index is -0.302. The molecule has 0 saturated carbocycles. The van der Waals surface area contributed by atoms with Crippen LogP contribution in [0.5, 0.6) is 0 Å². The van der Waals surface area contributed by atoms with Crippen molar-refractivity contribution < 1.29 is 9.47 Å². The molecule has 0 aromatic carbocycles. The van der Waals surface area contributed by atoms with Crippen molar-refractivity contribution >= 4 is 0 Å². The molecule has 17 heavy (non-hydrogen) atoms. The molecule has 1 aliphatic heterocycles. The number of unbranched alkanes of at least 4 members (excludes halogenated alkanes) is 1. The van der Waals surface area contributed by atoms with Gasteiger partial charge in [-0.3, -0.25) is 0 Å². The van der Waals surface area contributed by atoms with Crippen LogP contribution < -0.4 is 0 Å². The van der Waals surface area contributed by atoms with Crippen LogP contribution in [0.25, 0.3) is 0 Å². The van der Waals surface area contributed by atoms with Gasteiger partial charge in [0.2, 0.25) is 0 Å². The van der Waals surface area contributed by atoms with E-state index in [1.54, 1.807) is 5.57 Å². The first-order valence-corrected chi connectivity index (χ1v) is 6.96. The van der Waals surface area contributed by atoms with Gasteiger partial charge in [0.05, 0.1) is 13.2 Å². The molecule has 2 heteroatoms. The van der Waals surface area contributed by atoms with E-state index in [4.69, 9.17) is 9.47 Å². The molecule has 1 saturated heterocycles. The summed E-state index contributed by atoms with van der Waals surface area (Å²) in [6.45, 7) is 10.7. The van der Waals surface area contributed by atoms with Gasteiger partial charge in [0.25, 0.3) is 0 Å². The lowest BCUT2D eigenvalue weighted by molar-refractivity contribution is -0.179. The zero-order valence-electron chi connectivity index (χ0n) is 11.8. The van der Waals surface area contributed by atoms with Crippen LogP contribution in [-0.4, -0.2) is 19.0 Å². The minimum Gasteiger partial charge on any atom is -0.347 e. The molecule has 2 nitrogen and oxygen atoms in total. The minimum absolute atomic E-state index is 0.224. The van der Waals surface area contributed by atoms with Gasteiger partial charge in [-0.25, -0.2) is 0 Å². The summed E-state index contributed by atoms with van der Waals surface area (Å²) in [5.41, 5.74) is 3.36. The first kappa shape index (κ1) is 13.1. The molecule has 0 amide bonds. The fraction of sp³-hybridized carbons (Fsp3) is 0.867. The standard InChI is InChI=1S/C15H26O2/c1-5-6-7-13-12(2)10-15(11-14(13,3)4)16-8-9-17-15/h5-11H2,1-4H3. The van der Waals surface area contributed by atoms with E-state index < -0.39 is 0 Å². The van der Waals surface area contributed by atoms with Gasteiger partial charge in [0.15, 0.2) is 5.79 Å². The van der Waals surface area contributed by atoms with Crippen molar-refractivity contribution in [1.82, 2.24) is 0 Å². The fourth-order valence-corrected chi connectivity index (χ4v) is 3.54. The monoisotopic (exact) mass is 238 g/mol. The molecule has 0 atom stereocenters. The van der Waals surface area contributed by atoms with E-state index in [1.807, 2.05) is 0 Å². The molecule has 1 heterocycles. The van der Waals surface area contributed by atoms with Crippen molar-refractivity contribution in [3.8, 4) is 0 Å². The highest BCUT2D eigenvalue weighted by Crippen LogP contribution is 2.49. The number of hydrogen-bond acceptors (Lipinski definition) is 2. The van der Waals surface area contributed by atoms with Gasteiger partial charge in [-0.1, -0.05) is 38.3 Å². The van der Waals surface area contributed by atoms with E-state index in [0.717, 1.165) is 26.1 Å². The molecular formula is C15H26O2. The van der Waals surface area contributed by atoms with Crippen LogP contribution in [0.4, 0.5) is 0 Å². The molecule has 2 rings (SSSR count). The zero-order valence-corrected chi connectivity index (χ0v) is 11.8. The third kappa shape index (κ3) is 2.58. The van der Waals surface area contributed by atoms with Gasteiger partial charge in [-0.2, -0.15) is 0 Å². The van der Waals surface area contributed by atoms with Gasteiger partial charge in [-0.05, 0) is 25.2 Å². The van der Waals surface area contributed by atoms with Crippen molar-refractivity contribution in [2.24, 2.45) is 5.41 Å². The van der Waals surface area contributed by atoms with Gasteiger partial charge < -0.3 is 9.47 Å². The first-order chi connectivity index (χ1) is 7.99. The normalized spacial score (nSPS) is 26.8. The lowest BCUT2D eigenvalue weighted by Crippen LogP contribution is -2.41. The third-order valence-electron chi connectivity index (χ3n) is 4.17. The fourth-order valence-electron chi connectivity index (χ4n) is 3.54. The summed E-state index contributed by atoms with van der Waals surface area (Å²) in [6, 6.07) is 0. The van der Waals surface area contributed by atoms with E-state index in [2.05, 4.69) is 27.7 Å². The van der Waals surface area contributed by atoms with E-state index in [1.165, 1.54) is 24.8 Å². The lowest BCUT2D eigenvalue weighted by atomic mass is 9.68. The second-order valence-electron chi connectivity index (χ2n) is 6.21. The highest BCUT2D eigenvalue weighted by Gasteiger charge is 2.46. The van der Waals surface area contributed by atoms with Crippen LogP contribution in [0.3, 0.4) is 0 Å². The molecule has 0 bridgehead atoms. The van der Waals surface area contributed by atoms with Gasteiger partial charge in [0, 0.05) is 12.8 Å². The quantitative estimate of drug-likeness (QED) is 0.690. The highest BCUT2D eigenvalue weighted by molar-refractivity contribution is 5.25. The smallest absolute Gasteiger partial charge is 0.172 e. The van der Waals surface area contributed by atoms with E-state index in [0.29, 0.717) is 0 Å². The number of hydrogen-bond donors (Lipinski definition) is 0.